The van der Waals surface area contributed by atoms with Crippen molar-refractivity contribution in [3.05, 3.63) is 30.5 Å². The quantitative estimate of drug-likeness (QED) is 0.895. The normalized spacial score (nSPS) is 27.4. The number of hydrogen-bond donors (Lipinski definition) is 2. The number of H-pyrrole nitrogens is 1. The second kappa shape index (κ2) is 4.78. The Morgan fingerprint density at radius 3 is 3.18 bits per heavy atom. The molecule has 0 saturated carbocycles. The summed E-state index contributed by atoms with van der Waals surface area (Å²) >= 11 is 1.71. The zero-order valence-electron chi connectivity index (χ0n) is 12.3. The van der Waals surface area contributed by atoms with Crippen LogP contribution in [-0.4, -0.2) is 38.4 Å². The molecule has 5 nitrogen and oxygen atoms in total. The average Bonchev–Trinajstić information content (AvgIpc) is 3.16. The van der Waals surface area contributed by atoms with E-state index in [1.54, 1.807) is 16.7 Å². The molecule has 4 rings (SSSR count). The molecule has 2 atom stereocenters. The molecule has 2 saturated heterocycles. The highest BCUT2D eigenvalue weighted by molar-refractivity contribution is 8.01. The van der Waals surface area contributed by atoms with E-state index >= 15 is 0 Å². The predicted molar refractivity (Wildman–Crippen MR) is 87.7 cm³/mol. The minimum Gasteiger partial charge on any atom is -0.361 e. The van der Waals surface area contributed by atoms with Crippen molar-refractivity contribution < 1.29 is 9.59 Å². The van der Waals surface area contributed by atoms with Crippen molar-refractivity contribution in [2.75, 3.05) is 11.1 Å². The minimum atomic E-state index is -0.376. The van der Waals surface area contributed by atoms with Gasteiger partial charge in [0.25, 0.3) is 0 Å². The molecular weight excluding hydrogens is 298 g/mol. The van der Waals surface area contributed by atoms with Gasteiger partial charge in [0.05, 0.1) is 10.6 Å². The van der Waals surface area contributed by atoms with Gasteiger partial charge >= 0.3 is 0 Å². The number of fused-ring (bicyclic) bond motifs is 2. The van der Waals surface area contributed by atoms with Gasteiger partial charge in [-0.15, -0.1) is 11.8 Å². The van der Waals surface area contributed by atoms with Crippen LogP contribution in [0.3, 0.4) is 0 Å². The van der Waals surface area contributed by atoms with Gasteiger partial charge in [-0.25, -0.2) is 0 Å². The lowest BCUT2D eigenvalue weighted by atomic mass is 10.2. The smallest absolute Gasteiger partial charge is 0.248 e. The summed E-state index contributed by atoms with van der Waals surface area (Å²) in [6, 6.07) is 7.33. The van der Waals surface area contributed by atoms with Gasteiger partial charge in [0.15, 0.2) is 0 Å². The van der Waals surface area contributed by atoms with Crippen LogP contribution in [0.4, 0.5) is 5.69 Å². The molecule has 1 aromatic carbocycles. The molecule has 2 aliphatic heterocycles. The molecule has 0 spiro atoms. The number of thioether (sulfide) groups is 1. The summed E-state index contributed by atoms with van der Waals surface area (Å²) < 4.78 is 0. The fourth-order valence-electron chi connectivity index (χ4n) is 3.43. The Hall–Kier alpha value is -1.95. The van der Waals surface area contributed by atoms with Crippen LogP contribution in [0.5, 0.6) is 0 Å². The summed E-state index contributed by atoms with van der Waals surface area (Å²) in [7, 11) is 0. The van der Waals surface area contributed by atoms with E-state index < -0.39 is 0 Å². The van der Waals surface area contributed by atoms with Gasteiger partial charge in [0.2, 0.25) is 11.8 Å². The Morgan fingerprint density at radius 1 is 1.45 bits per heavy atom. The van der Waals surface area contributed by atoms with E-state index in [1.165, 1.54) is 0 Å². The lowest BCUT2D eigenvalue weighted by Crippen LogP contribution is -2.48. The Labute approximate surface area is 132 Å². The molecule has 2 unspecified atom stereocenters. The maximum atomic E-state index is 12.7. The predicted octanol–water partition coefficient (Wildman–Crippen LogP) is 2.56. The number of anilines is 1. The number of rotatable bonds is 2. The Kier molecular flexibility index (Phi) is 2.97. The molecule has 0 radical (unpaired) electrons. The third-order valence-corrected chi connectivity index (χ3v) is 6.11. The summed E-state index contributed by atoms with van der Waals surface area (Å²) in [5.41, 5.74) is 1.77. The summed E-state index contributed by atoms with van der Waals surface area (Å²) in [5.74, 6) is 0.657. The fourth-order valence-corrected chi connectivity index (χ4v) is 4.86. The van der Waals surface area contributed by atoms with Crippen LogP contribution in [0.2, 0.25) is 0 Å². The number of nitrogens with zero attached hydrogens (tertiary/aromatic N) is 1. The number of amides is 2. The number of aromatic amines is 1. The number of hydrogen-bond acceptors (Lipinski definition) is 3. The lowest BCUT2D eigenvalue weighted by Gasteiger charge is -2.29. The van der Waals surface area contributed by atoms with Gasteiger partial charge in [-0.05, 0) is 31.5 Å². The van der Waals surface area contributed by atoms with E-state index in [0.717, 1.165) is 23.0 Å². The van der Waals surface area contributed by atoms with Gasteiger partial charge < -0.3 is 15.2 Å². The number of aromatic nitrogens is 1. The highest BCUT2D eigenvalue weighted by Gasteiger charge is 2.52. The monoisotopic (exact) mass is 315 g/mol. The largest absolute Gasteiger partial charge is 0.361 e. The topological polar surface area (TPSA) is 65.2 Å². The van der Waals surface area contributed by atoms with Crippen molar-refractivity contribution in [2.45, 2.75) is 30.7 Å². The third kappa shape index (κ3) is 1.94. The van der Waals surface area contributed by atoms with Crippen molar-refractivity contribution in [2.24, 2.45) is 0 Å². The van der Waals surface area contributed by atoms with E-state index in [9.17, 15) is 9.59 Å². The molecule has 1 aromatic heterocycles. The molecule has 2 aromatic rings. The number of benzene rings is 1. The van der Waals surface area contributed by atoms with Crippen molar-refractivity contribution in [1.82, 2.24) is 9.88 Å². The van der Waals surface area contributed by atoms with Crippen molar-refractivity contribution in [3.63, 3.8) is 0 Å². The van der Waals surface area contributed by atoms with Gasteiger partial charge in [-0.2, -0.15) is 0 Å². The maximum Gasteiger partial charge on any atom is 0.248 e. The first-order valence-electron chi connectivity index (χ1n) is 7.42. The van der Waals surface area contributed by atoms with Crippen LogP contribution in [0, 0.1) is 0 Å². The first-order chi connectivity index (χ1) is 10.6. The molecule has 2 amide bonds. The summed E-state index contributed by atoms with van der Waals surface area (Å²) in [6.45, 7) is 2.06. The molecule has 2 N–H and O–H groups in total. The van der Waals surface area contributed by atoms with E-state index in [4.69, 9.17) is 0 Å². The summed E-state index contributed by atoms with van der Waals surface area (Å²) in [4.78, 5) is 29.5. The van der Waals surface area contributed by atoms with Crippen LogP contribution in [0.15, 0.2) is 30.5 Å². The maximum absolute atomic E-state index is 12.7. The molecule has 2 aliphatic rings. The van der Waals surface area contributed by atoms with E-state index in [2.05, 4.69) is 17.2 Å². The van der Waals surface area contributed by atoms with Crippen molar-refractivity contribution in [1.29, 1.82) is 0 Å². The minimum absolute atomic E-state index is 0.0903. The van der Waals surface area contributed by atoms with Gasteiger partial charge in [0, 0.05) is 29.3 Å². The van der Waals surface area contributed by atoms with Gasteiger partial charge in [-0.3, -0.25) is 9.59 Å². The van der Waals surface area contributed by atoms with E-state index in [1.807, 2.05) is 30.5 Å². The fraction of sp³-hybridized carbons (Fsp3) is 0.375. The SMILES string of the molecule is CC12CCC(=O)N1C(C(=O)Nc1cccc3[nH]ccc13)CS2. The Morgan fingerprint density at radius 2 is 2.32 bits per heavy atom. The highest BCUT2D eigenvalue weighted by atomic mass is 32.2. The molecule has 0 aliphatic carbocycles. The zero-order chi connectivity index (χ0) is 15.3. The van der Waals surface area contributed by atoms with Crippen LogP contribution >= 0.6 is 11.8 Å². The second-order valence-corrected chi connectivity index (χ2v) is 7.50. The molecule has 6 heteroatoms. The number of carbonyl (C=O) groups is 2. The van der Waals surface area contributed by atoms with Crippen molar-refractivity contribution >= 4 is 40.2 Å². The Bertz CT molecular complexity index is 772. The van der Waals surface area contributed by atoms with Crippen LogP contribution < -0.4 is 5.32 Å². The van der Waals surface area contributed by atoms with Crippen LogP contribution in [0.1, 0.15) is 19.8 Å². The zero-order valence-corrected chi connectivity index (χ0v) is 13.1. The first kappa shape index (κ1) is 13.7. The molecule has 22 heavy (non-hydrogen) atoms. The average molecular weight is 315 g/mol. The number of nitrogens with one attached hydrogen (secondary N) is 2. The summed E-state index contributed by atoms with van der Waals surface area (Å²) in [6.07, 6.45) is 3.22. The Balaban J connectivity index is 1.60. The second-order valence-electron chi connectivity index (χ2n) is 6.00. The molecule has 2 fully saturated rings. The van der Waals surface area contributed by atoms with E-state index in [-0.39, 0.29) is 22.7 Å². The number of carbonyl (C=O) groups excluding carboxylic acids is 2. The highest BCUT2D eigenvalue weighted by Crippen LogP contribution is 2.47. The third-order valence-electron chi connectivity index (χ3n) is 4.60. The van der Waals surface area contributed by atoms with Crippen LogP contribution in [0.25, 0.3) is 10.9 Å². The van der Waals surface area contributed by atoms with Crippen LogP contribution in [-0.2, 0) is 9.59 Å². The lowest BCUT2D eigenvalue weighted by molar-refractivity contribution is -0.135. The standard InChI is InChI=1S/C16H17N3O2S/c1-16-7-5-14(20)19(16)13(9-22-16)15(21)18-12-4-2-3-11-10(12)6-8-17-11/h2-4,6,8,13,17H,5,7,9H2,1H3,(H,18,21). The first-order valence-corrected chi connectivity index (χ1v) is 8.40. The molecule has 3 heterocycles. The molecule has 0 bridgehead atoms. The van der Waals surface area contributed by atoms with Gasteiger partial charge in [0.1, 0.15) is 6.04 Å². The summed E-state index contributed by atoms with van der Waals surface area (Å²) in [5, 5.41) is 3.98. The molecule has 114 valence electrons. The molecular formula is C16H17N3O2S. The van der Waals surface area contributed by atoms with E-state index in [0.29, 0.717) is 12.2 Å². The van der Waals surface area contributed by atoms with Crippen molar-refractivity contribution in [3.8, 4) is 0 Å². The van der Waals surface area contributed by atoms with Gasteiger partial charge in [-0.1, -0.05) is 6.07 Å².